The summed E-state index contributed by atoms with van der Waals surface area (Å²) in [5.74, 6) is 0. The van der Waals surface area contributed by atoms with Crippen molar-refractivity contribution >= 4 is 17.1 Å². The fourth-order valence-corrected chi connectivity index (χ4v) is 2.40. The van der Waals surface area contributed by atoms with Crippen LogP contribution in [0.2, 0.25) is 0 Å². The highest BCUT2D eigenvalue weighted by Crippen LogP contribution is 2.27. The third-order valence-corrected chi connectivity index (χ3v) is 3.71. The normalized spacial score (nSPS) is 10.5. The monoisotopic (exact) mass is 300 g/mol. The smallest absolute Gasteiger partial charge is 0.0610 e. The highest BCUT2D eigenvalue weighted by molar-refractivity contribution is 5.66. The molecule has 0 unspecified atom stereocenters. The fourth-order valence-electron chi connectivity index (χ4n) is 2.40. The zero-order valence-electron chi connectivity index (χ0n) is 13.2. The Morgan fingerprint density at radius 2 is 1.18 bits per heavy atom. The van der Waals surface area contributed by atoms with Crippen LogP contribution in [0.1, 0.15) is 5.56 Å². The van der Waals surface area contributed by atoms with Crippen LogP contribution in [-0.2, 0) is 0 Å². The largest absolute Gasteiger partial charge is 0.395 e. The van der Waals surface area contributed by atoms with Gasteiger partial charge < -0.3 is 20.0 Å². The number of rotatable bonds is 7. The van der Waals surface area contributed by atoms with Crippen LogP contribution >= 0.6 is 0 Å². The standard InChI is InChI=1S/C18H24N2O2/c1-15-3-5-17(6-4-15)20(12-14-22)18-9-7-16(8-10-18)19(2)11-13-21/h3-10,21-22H,11-14H2,1-2H3. The number of nitrogens with zero attached hydrogens (tertiary/aromatic N) is 2. The summed E-state index contributed by atoms with van der Waals surface area (Å²) in [7, 11) is 1.96. The van der Waals surface area contributed by atoms with E-state index >= 15 is 0 Å². The minimum absolute atomic E-state index is 0.0973. The number of hydrogen-bond acceptors (Lipinski definition) is 4. The molecule has 22 heavy (non-hydrogen) atoms. The van der Waals surface area contributed by atoms with Crippen molar-refractivity contribution in [2.75, 3.05) is 43.2 Å². The van der Waals surface area contributed by atoms with Gasteiger partial charge in [0.15, 0.2) is 0 Å². The van der Waals surface area contributed by atoms with Crippen LogP contribution in [0.3, 0.4) is 0 Å². The molecule has 0 radical (unpaired) electrons. The first kappa shape index (κ1) is 16.3. The van der Waals surface area contributed by atoms with Gasteiger partial charge in [0.2, 0.25) is 0 Å². The molecule has 0 aromatic heterocycles. The van der Waals surface area contributed by atoms with Crippen molar-refractivity contribution in [2.45, 2.75) is 6.92 Å². The van der Waals surface area contributed by atoms with Crippen LogP contribution in [0.5, 0.6) is 0 Å². The van der Waals surface area contributed by atoms with Crippen LogP contribution in [0, 0.1) is 6.92 Å². The van der Waals surface area contributed by atoms with Crippen molar-refractivity contribution in [3.05, 3.63) is 54.1 Å². The highest BCUT2D eigenvalue weighted by Gasteiger charge is 2.09. The lowest BCUT2D eigenvalue weighted by molar-refractivity contribution is 0.304. The molecular formula is C18H24N2O2. The summed E-state index contributed by atoms with van der Waals surface area (Å²) in [5.41, 5.74) is 4.38. The van der Waals surface area contributed by atoms with Crippen LogP contribution in [0.25, 0.3) is 0 Å². The Morgan fingerprint density at radius 1 is 0.727 bits per heavy atom. The van der Waals surface area contributed by atoms with Gasteiger partial charge in [0.05, 0.1) is 13.2 Å². The van der Waals surface area contributed by atoms with Crippen molar-refractivity contribution in [1.82, 2.24) is 0 Å². The molecule has 0 atom stereocenters. The van der Waals surface area contributed by atoms with E-state index in [1.54, 1.807) is 0 Å². The first-order valence-corrected chi connectivity index (χ1v) is 7.53. The lowest BCUT2D eigenvalue weighted by Crippen LogP contribution is -2.22. The predicted molar refractivity (Wildman–Crippen MR) is 92.1 cm³/mol. The minimum atomic E-state index is 0.0973. The van der Waals surface area contributed by atoms with Crippen molar-refractivity contribution in [2.24, 2.45) is 0 Å². The average Bonchev–Trinajstić information content (AvgIpc) is 2.54. The molecule has 0 fully saturated rings. The van der Waals surface area contributed by atoms with Crippen LogP contribution < -0.4 is 9.80 Å². The number of aryl methyl sites for hydroxylation is 1. The molecule has 4 heteroatoms. The van der Waals surface area contributed by atoms with Crippen molar-refractivity contribution in [3.63, 3.8) is 0 Å². The second-order valence-electron chi connectivity index (χ2n) is 5.37. The SMILES string of the molecule is Cc1ccc(N(CCO)c2ccc(N(C)CCO)cc2)cc1. The molecule has 0 bridgehead atoms. The molecule has 0 aliphatic carbocycles. The van der Waals surface area contributed by atoms with Gasteiger partial charge in [0, 0.05) is 37.2 Å². The van der Waals surface area contributed by atoms with Crippen molar-refractivity contribution in [3.8, 4) is 0 Å². The zero-order chi connectivity index (χ0) is 15.9. The van der Waals surface area contributed by atoms with Crippen molar-refractivity contribution < 1.29 is 10.2 Å². The van der Waals surface area contributed by atoms with E-state index in [1.807, 2.05) is 36.2 Å². The Morgan fingerprint density at radius 3 is 1.68 bits per heavy atom. The summed E-state index contributed by atoms with van der Waals surface area (Å²) in [4.78, 5) is 4.10. The number of anilines is 3. The molecule has 0 amide bonds. The quantitative estimate of drug-likeness (QED) is 0.825. The number of likely N-dealkylation sites (N-methyl/N-ethyl adjacent to an activating group) is 1. The van der Waals surface area contributed by atoms with E-state index in [0.717, 1.165) is 17.1 Å². The maximum atomic E-state index is 9.35. The first-order chi connectivity index (χ1) is 10.7. The maximum absolute atomic E-state index is 9.35. The minimum Gasteiger partial charge on any atom is -0.395 e. The molecule has 0 saturated heterocycles. The summed E-state index contributed by atoms with van der Waals surface area (Å²) >= 11 is 0. The van der Waals surface area contributed by atoms with E-state index < -0.39 is 0 Å². The third kappa shape index (κ3) is 4.00. The molecule has 2 aromatic carbocycles. The van der Waals surface area contributed by atoms with E-state index in [0.29, 0.717) is 13.1 Å². The molecule has 0 spiro atoms. The fraction of sp³-hybridized carbons (Fsp3) is 0.333. The van der Waals surface area contributed by atoms with E-state index in [-0.39, 0.29) is 13.2 Å². The van der Waals surface area contributed by atoms with Gasteiger partial charge in [0.1, 0.15) is 0 Å². The first-order valence-electron chi connectivity index (χ1n) is 7.53. The molecule has 2 rings (SSSR count). The number of hydrogen-bond donors (Lipinski definition) is 2. The summed E-state index contributed by atoms with van der Waals surface area (Å²) < 4.78 is 0. The summed E-state index contributed by atoms with van der Waals surface area (Å²) in [6.45, 7) is 3.46. The molecular weight excluding hydrogens is 276 g/mol. The van der Waals surface area contributed by atoms with Gasteiger partial charge in [0.25, 0.3) is 0 Å². The van der Waals surface area contributed by atoms with Gasteiger partial charge in [-0.1, -0.05) is 17.7 Å². The van der Waals surface area contributed by atoms with Gasteiger partial charge in [-0.25, -0.2) is 0 Å². The average molecular weight is 300 g/mol. The molecule has 0 aliphatic rings. The van der Waals surface area contributed by atoms with E-state index in [9.17, 15) is 5.11 Å². The second-order valence-corrected chi connectivity index (χ2v) is 5.37. The van der Waals surface area contributed by atoms with Gasteiger partial charge in [-0.15, -0.1) is 0 Å². The van der Waals surface area contributed by atoms with E-state index in [1.165, 1.54) is 5.56 Å². The molecule has 2 N–H and O–H groups in total. The Hall–Kier alpha value is -2.04. The van der Waals surface area contributed by atoms with Gasteiger partial charge in [-0.2, -0.15) is 0 Å². The molecule has 4 nitrogen and oxygen atoms in total. The number of benzene rings is 2. The lowest BCUT2D eigenvalue weighted by atomic mass is 10.2. The Kier molecular flexibility index (Phi) is 5.81. The maximum Gasteiger partial charge on any atom is 0.0610 e. The van der Waals surface area contributed by atoms with Gasteiger partial charge in [-0.05, 0) is 43.3 Å². The zero-order valence-corrected chi connectivity index (χ0v) is 13.2. The Bertz CT molecular complexity index is 567. The van der Waals surface area contributed by atoms with E-state index in [2.05, 4.69) is 36.1 Å². The summed E-state index contributed by atoms with van der Waals surface area (Å²) in [6.07, 6.45) is 0. The third-order valence-electron chi connectivity index (χ3n) is 3.71. The van der Waals surface area contributed by atoms with Gasteiger partial charge >= 0.3 is 0 Å². The Balaban J connectivity index is 2.23. The Labute approximate surface area is 132 Å². The van der Waals surface area contributed by atoms with E-state index in [4.69, 9.17) is 5.11 Å². The summed E-state index contributed by atoms with van der Waals surface area (Å²) in [6, 6.07) is 16.4. The summed E-state index contributed by atoms with van der Waals surface area (Å²) in [5, 5.41) is 18.4. The van der Waals surface area contributed by atoms with Crippen LogP contribution in [-0.4, -0.2) is 43.6 Å². The highest BCUT2D eigenvalue weighted by atomic mass is 16.3. The molecule has 0 saturated carbocycles. The van der Waals surface area contributed by atoms with Crippen molar-refractivity contribution in [1.29, 1.82) is 0 Å². The lowest BCUT2D eigenvalue weighted by Gasteiger charge is -2.25. The van der Waals surface area contributed by atoms with Crippen LogP contribution in [0.4, 0.5) is 17.1 Å². The number of aliphatic hydroxyl groups excluding tert-OH is 2. The molecule has 0 aliphatic heterocycles. The number of aliphatic hydroxyl groups is 2. The topological polar surface area (TPSA) is 46.9 Å². The molecule has 2 aromatic rings. The second kappa shape index (κ2) is 7.82. The predicted octanol–water partition coefficient (Wildman–Crippen LogP) is 2.55. The molecule has 118 valence electrons. The van der Waals surface area contributed by atoms with Crippen LogP contribution in [0.15, 0.2) is 48.5 Å². The molecule has 0 heterocycles. The van der Waals surface area contributed by atoms with Gasteiger partial charge in [-0.3, -0.25) is 0 Å².